The van der Waals surface area contributed by atoms with Crippen molar-refractivity contribution < 1.29 is 23.7 Å². The van der Waals surface area contributed by atoms with Gasteiger partial charge in [0.1, 0.15) is 17.3 Å². The summed E-state index contributed by atoms with van der Waals surface area (Å²) in [7, 11) is 6.73. The summed E-state index contributed by atoms with van der Waals surface area (Å²) < 4.78 is 21.9. The number of thioether (sulfide) groups is 2. The van der Waals surface area contributed by atoms with E-state index in [-0.39, 0.29) is 5.78 Å². The van der Waals surface area contributed by atoms with Crippen molar-refractivity contribution >= 4 is 50.9 Å². The first-order chi connectivity index (χ1) is 33.2. The maximum atomic E-state index is 17.8. The minimum atomic E-state index is -0.771. The Kier molecular flexibility index (Phi) is 15.4. The van der Waals surface area contributed by atoms with Gasteiger partial charge in [-0.3, -0.25) is 4.79 Å². The molecule has 0 saturated heterocycles. The Morgan fingerprint density at radius 2 is 0.824 bits per heavy atom. The van der Waals surface area contributed by atoms with E-state index >= 15 is 4.79 Å². The van der Waals surface area contributed by atoms with Crippen LogP contribution in [0.5, 0.6) is 11.5 Å². The molecule has 0 spiro atoms. The fourth-order valence-corrected chi connectivity index (χ4v) is 12.5. The molecule has 0 N–H and O–H groups in total. The average Bonchev–Trinajstić information content (AvgIpc) is 3.38. The van der Waals surface area contributed by atoms with Gasteiger partial charge < -0.3 is 18.9 Å². The van der Waals surface area contributed by atoms with E-state index in [1.165, 1.54) is 0 Å². The molecule has 0 bridgehead atoms. The van der Waals surface area contributed by atoms with Crippen molar-refractivity contribution in [1.29, 1.82) is 0 Å². The molecule has 7 heteroatoms. The van der Waals surface area contributed by atoms with Crippen molar-refractivity contribution in [3.05, 3.63) is 241 Å². The number of Topliss-reactive ketones (excluding diaryl/α,β-unsaturated/α-hetero) is 1. The molecule has 344 valence electrons. The molecule has 0 aliphatic heterocycles. The summed E-state index contributed by atoms with van der Waals surface area (Å²) in [6, 6.07) is 67.0. The number of carbonyl (C=O) groups is 1. The van der Waals surface area contributed by atoms with E-state index in [0.717, 1.165) is 53.6 Å². The molecule has 0 saturated carbocycles. The van der Waals surface area contributed by atoms with Gasteiger partial charge in [-0.25, -0.2) is 0 Å². The molecule has 8 aromatic carbocycles. The van der Waals surface area contributed by atoms with Crippen molar-refractivity contribution in [2.75, 3.05) is 28.4 Å². The first-order valence-electron chi connectivity index (χ1n) is 22.9. The lowest BCUT2D eigenvalue weighted by molar-refractivity contribution is -0.123. The number of benzene rings is 8. The highest BCUT2D eigenvalue weighted by molar-refractivity contribution is 8.01. The molecule has 0 radical (unpaired) electrons. The van der Waals surface area contributed by atoms with E-state index in [0.29, 0.717) is 11.5 Å². The van der Waals surface area contributed by atoms with Crippen molar-refractivity contribution in [2.45, 2.75) is 56.8 Å². The van der Waals surface area contributed by atoms with Gasteiger partial charge in [-0.1, -0.05) is 146 Å². The van der Waals surface area contributed by atoms with E-state index in [4.69, 9.17) is 18.9 Å². The van der Waals surface area contributed by atoms with E-state index in [1.807, 2.05) is 36.4 Å². The second-order valence-electron chi connectivity index (χ2n) is 17.3. The molecule has 0 aromatic heterocycles. The predicted molar refractivity (Wildman–Crippen MR) is 284 cm³/mol. The highest BCUT2D eigenvalue weighted by atomic mass is 32.2. The molecule has 8 rings (SSSR count). The zero-order valence-corrected chi connectivity index (χ0v) is 41.1. The second-order valence-corrected chi connectivity index (χ2v) is 20.4. The lowest BCUT2D eigenvalue weighted by atomic mass is 9.63. The lowest BCUT2D eigenvalue weighted by Gasteiger charge is -2.45. The van der Waals surface area contributed by atoms with E-state index < -0.39 is 33.2 Å². The van der Waals surface area contributed by atoms with Crippen LogP contribution in [-0.4, -0.2) is 43.7 Å². The van der Waals surface area contributed by atoms with Gasteiger partial charge in [0.2, 0.25) is 0 Å². The molecule has 68 heavy (non-hydrogen) atoms. The van der Waals surface area contributed by atoms with Gasteiger partial charge in [0.15, 0.2) is 0 Å². The summed E-state index contributed by atoms with van der Waals surface area (Å²) in [4.78, 5) is 20.0. The minimum Gasteiger partial charge on any atom is -0.505 e. The van der Waals surface area contributed by atoms with E-state index in [9.17, 15) is 0 Å². The van der Waals surface area contributed by atoms with Gasteiger partial charge >= 0.3 is 0 Å². The Balaban J connectivity index is 1.53. The van der Waals surface area contributed by atoms with Crippen molar-refractivity contribution in [2.24, 2.45) is 0 Å². The van der Waals surface area contributed by atoms with Crippen molar-refractivity contribution in [1.82, 2.24) is 0 Å². The third-order valence-electron chi connectivity index (χ3n) is 13.0. The van der Waals surface area contributed by atoms with E-state index in [1.54, 1.807) is 64.5 Å². The van der Waals surface area contributed by atoms with Crippen LogP contribution < -0.4 is 9.47 Å². The zero-order chi connectivity index (χ0) is 47.5. The fourth-order valence-electron chi connectivity index (χ4n) is 9.86. The number of hydrogen-bond donors (Lipinski definition) is 0. The number of fused-ring (bicyclic) bond motifs is 2. The van der Waals surface area contributed by atoms with Crippen LogP contribution >= 0.6 is 23.5 Å². The van der Waals surface area contributed by atoms with Crippen LogP contribution in [0, 0.1) is 0 Å². The Morgan fingerprint density at radius 3 is 1.18 bits per heavy atom. The molecule has 0 amide bonds. The minimum absolute atomic E-state index is 0.0646. The lowest BCUT2D eigenvalue weighted by Crippen LogP contribution is -2.41. The molecular weight excluding hydrogens is 877 g/mol. The molecule has 0 fully saturated rings. The molecule has 0 aliphatic carbocycles. The quantitative estimate of drug-likeness (QED) is 0.0557. The van der Waals surface area contributed by atoms with Crippen LogP contribution in [0.2, 0.25) is 0 Å². The largest absolute Gasteiger partial charge is 0.505 e. The first-order valence-corrected chi connectivity index (χ1v) is 24.5. The highest BCUT2D eigenvalue weighted by Gasteiger charge is 2.51. The summed E-state index contributed by atoms with van der Waals surface area (Å²) in [5, 5.41) is 3.92. The van der Waals surface area contributed by atoms with Gasteiger partial charge in [0.25, 0.3) is 0 Å². The molecule has 6 atom stereocenters. The van der Waals surface area contributed by atoms with Gasteiger partial charge in [-0.05, 0) is 118 Å². The van der Waals surface area contributed by atoms with Crippen LogP contribution in [0.4, 0.5) is 0 Å². The number of methoxy groups -OCH3 is 4. The normalized spacial score (nSPS) is 15.3. The topological polar surface area (TPSA) is 54.0 Å². The number of rotatable bonds is 20. The van der Waals surface area contributed by atoms with Crippen LogP contribution in [-0.2, 0) is 14.3 Å². The molecule has 8 aromatic rings. The summed E-state index contributed by atoms with van der Waals surface area (Å²) in [5.74, 6) is -0.953. The van der Waals surface area contributed by atoms with Crippen LogP contribution in [0.15, 0.2) is 229 Å². The summed E-state index contributed by atoms with van der Waals surface area (Å²) in [6.07, 6.45) is 7.81. The maximum Gasteiger partial charge on any atom is 0.149 e. The Hall–Kier alpha value is -6.67. The van der Waals surface area contributed by atoms with Gasteiger partial charge in [0.05, 0.1) is 52.8 Å². The molecular formula is C61H58O5S2. The smallest absolute Gasteiger partial charge is 0.149 e. The average molecular weight is 935 g/mol. The third kappa shape index (κ3) is 10.4. The number of hydrogen-bond acceptors (Lipinski definition) is 7. The van der Waals surface area contributed by atoms with Gasteiger partial charge in [-0.15, -0.1) is 23.5 Å². The molecule has 0 heterocycles. The fraction of sp³-hybridized carbons (Fsp3) is 0.197. The Labute approximate surface area is 410 Å². The third-order valence-corrected chi connectivity index (χ3v) is 15.7. The zero-order valence-electron chi connectivity index (χ0n) is 39.5. The van der Waals surface area contributed by atoms with Crippen LogP contribution in [0.1, 0.15) is 59.8 Å². The van der Waals surface area contributed by atoms with Crippen LogP contribution in [0.25, 0.3) is 21.5 Å². The molecule has 0 aliphatic rings. The predicted octanol–water partition coefficient (Wildman–Crippen LogP) is 15.4. The van der Waals surface area contributed by atoms with Crippen molar-refractivity contribution in [3.8, 4) is 11.5 Å². The highest BCUT2D eigenvalue weighted by Crippen LogP contribution is 2.58. The first kappa shape index (κ1) is 47.8. The van der Waals surface area contributed by atoms with Gasteiger partial charge in [-0.2, -0.15) is 0 Å². The second kappa shape index (κ2) is 22.0. The molecule has 5 nitrogen and oxygen atoms in total. The SMILES string of the molecule is COC=CC(C)(Sc1ccccc1)C(c1ccccc1)C(C(=O)C(c1cccc2ccc(OC)cc12)C(c1ccccc1)C(C)(C=COC)Sc1ccccc1)c1cccc2ccc(OC)cc12. The van der Waals surface area contributed by atoms with E-state index in [2.05, 4.69) is 184 Å². The standard InChI is InChI=1S/C61H58O5S2/c1-60(37-39-63-3,67-49-27-15-9-16-28-49)57(45-21-11-7-12-22-45)55(51-31-19-25-43-33-35-47(65-5)41-53(43)51)59(62)56(52-32-20-26-44-34-36-48(66-6)42-54(44)52)58(46-23-13-8-14-24-46)61(2,38-40-64-4)68-50-29-17-10-18-30-50/h7-42,55-58H,1-6H3. The number of ketones is 1. The van der Waals surface area contributed by atoms with Crippen LogP contribution in [0.3, 0.4) is 0 Å². The number of ether oxygens (including phenoxy) is 4. The maximum absolute atomic E-state index is 17.8. The monoisotopic (exact) mass is 934 g/mol. The van der Waals surface area contributed by atoms with Gasteiger partial charge in [0, 0.05) is 31.1 Å². The molecule has 6 unspecified atom stereocenters. The summed E-state index contributed by atoms with van der Waals surface area (Å²) in [5.41, 5.74) is 3.86. The summed E-state index contributed by atoms with van der Waals surface area (Å²) in [6.45, 7) is 4.49. The Bertz CT molecular complexity index is 2780. The Morgan fingerprint density at radius 1 is 0.456 bits per heavy atom. The summed E-state index contributed by atoms with van der Waals surface area (Å²) >= 11 is 3.47. The number of carbonyl (C=O) groups excluding carboxylic acids is 1. The van der Waals surface area contributed by atoms with Crippen molar-refractivity contribution in [3.63, 3.8) is 0 Å².